The van der Waals surface area contributed by atoms with Crippen molar-refractivity contribution in [2.45, 2.75) is 51.9 Å². The molecule has 1 spiro atoms. The molecule has 2 aromatic rings. The van der Waals surface area contributed by atoms with E-state index >= 15 is 0 Å². The second kappa shape index (κ2) is 7.50. The van der Waals surface area contributed by atoms with E-state index in [2.05, 4.69) is 43.6 Å². The largest absolute Gasteiger partial charge is 0.354 e. The second-order valence-electron chi connectivity index (χ2n) is 8.19. The van der Waals surface area contributed by atoms with E-state index in [1.165, 1.54) is 0 Å². The molecule has 1 fully saturated rings. The van der Waals surface area contributed by atoms with Crippen LogP contribution in [-0.4, -0.2) is 51.2 Å². The van der Waals surface area contributed by atoms with Crippen LogP contribution in [-0.2, 0) is 21.7 Å². The van der Waals surface area contributed by atoms with Crippen LogP contribution in [0.5, 0.6) is 0 Å². The van der Waals surface area contributed by atoms with E-state index in [4.69, 9.17) is 4.74 Å². The van der Waals surface area contributed by atoms with Gasteiger partial charge in [-0.2, -0.15) is 0 Å². The number of anilines is 1. The Balaban J connectivity index is 1.50. The number of nitrogens with one attached hydrogen (secondary N) is 1. The third-order valence-corrected chi connectivity index (χ3v) is 5.45. The number of carbonyl (C=O) groups is 1. The minimum atomic E-state index is -0.539. The number of aryl methyl sites for hydroxylation is 1. The van der Waals surface area contributed by atoms with Crippen molar-refractivity contribution < 1.29 is 9.53 Å². The van der Waals surface area contributed by atoms with E-state index < -0.39 is 11.7 Å². The van der Waals surface area contributed by atoms with Gasteiger partial charge >= 0.3 is 0 Å². The Labute approximate surface area is 165 Å². The molecule has 0 radical (unpaired) electrons. The monoisotopic (exact) mass is 384 g/mol. The zero-order valence-corrected chi connectivity index (χ0v) is 16.8. The first-order valence-electron chi connectivity index (χ1n) is 9.97. The van der Waals surface area contributed by atoms with Crippen LogP contribution in [0.4, 0.5) is 5.95 Å². The fraction of sp³-hybridized carbons (Fsp3) is 0.600. The Kier molecular flexibility index (Phi) is 5.05. The molecule has 4 rings (SSSR count). The maximum atomic E-state index is 12.7. The summed E-state index contributed by atoms with van der Waals surface area (Å²) in [6, 6.07) is 0. The summed E-state index contributed by atoms with van der Waals surface area (Å²) in [7, 11) is 0. The number of carbonyl (C=O) groups excluding carboxylic acids is 1. The highest BCUT2D eigenvalue weighted by molar-refractivity contribution is 5.80. The summed E-state index contributed by atoms with van der Waals surface area (Å²) < 4.78 is 8.50. The summed E-state index contributed by atoms with van der Waals surface area (Å²) in [4.78, 5) is 28.3. The summed E-state index contributed by atoms with van der Waals surface area (Å²) >= 11 is 0. The molecule has 150 valence electrons. The van der Waals surface area contributed by atoms with Gasteiger partial charge in [-0.15, -0.1) is 0 Å². The molecule has 1 unspecified atom stereocenters. The van der Waals surface area contributed by atoms with Crippen molar-refractivity contribution in [3.8, 4) is 0 Å². The Morgan fingerprint density at radius 2 is 2.00 bits per heavy atom. The fourth-order valence-electron chi connectivity index (χ4n) is 3.91. The highest BCUT2D eigenvalue weighted by atomic mass is 16.5. The van der Waals surface area contributed by atoms with E-state index in [1.54, 1.807) is 6.20 Å². The highest BCUT2D eigenvalue weighted by Crippen LogP contribution is 2.40. The van der Waals surface area contributed by atoms with Crippen molar-refractivity contribution in [1.82, 2.24) is 24.8 Å². The topological polar surface area (TPSA) is 85.2 Å². The average Bonchev–Trinajstić information content (AvgIpc) is 3.17. The number of piperidine rings is 1. The van der Waals surface area contributed by atoms with Crippen LogP contribution in [0.15, 0.2) is 24.8 Å². The molecule has 2 aromatic heterocycles. The van der Waals surface area contributed by atoms with Crippen LogP contribution < -0.4 is 10.2 Å². The van der Waals surface area contributed by atoms with Crippen molar-refractivity contribution in [2.24, 2.45) is 5.92 Å². The molecule has 1 saturated heterocycles. The lowest BCUT2D eigenvalue weighted by molar-refractivity contribution is -0.167. The molecule has 0 aliphatic carbocycles. The number of hydrogen-bond acceptors (Lipinski definition) is 6. The van der Waals surface area contributed by atoms with Crippen LogP contribution in [0.2, 0.25) is 0 Å². The molecular weight excluding hydrogens is 356 g/mol. The maximum absolute atomic E-state index is 12.7. The molecule has 1 amide bonds. The molecule has 8 heteroatoms. The molecule has 2 aliphatic rings. The molecule has 28 heavy (non-hydrogen) atoms. The molecule has 0 saturated carbocycles. The van der Waals surface area contributed by atoms with Gasteiger partial charge in [0.2, 0.25) is 5.95 Å². The van der Waals surface area contributed by atoms with Crippen LogP contribution >= 0.6 is 0 Å². The molecule has 2 aliphatic heterocycles. The number of amides is 1. The summed E-state index contributed by atoms with van der Waals surface area (Å²) in [5.41, 5.74) is 0.508. The van der Waals surface area contributed by atoms with Crippen molar-refractivity contribution in [3.05, 3.63) is 36.2 Å². The summed E-state index contributed by atoms with van der Waals surface area (Å²) in [6.45, 7) is 8.83. The second-order valence-corrected chi connectivity index (χ2v) is 8.19. The smallest absolute Gasteiger partial charge is 0.251 e. The van der Waals surface area contributed by atoms with Gasteiger partial charge in [-0.05, 0) is 18.4 Å². The number of hydrogen-bond donors (Lipinski definition) is 1. The van der Waals surface area contributed by atoms with Crippen LogP contribution in [0.3, 0.4) is 0 Å². The predicted octanol–water partition coefficient (Wildman–Crippen LogP) is 1.65. The standard InChI is InChI=1S/C20H28N6O2/c1-14(2)10-22-17(27)16-13-26-9-6-21-18(26)20(28-16)4-7-25(8-5-20)19-23-11-15(3)12-24-19/h6,9,11-12,14,16H,4-5,7-8,10,13H2,1-3H3,(H,22,27). The van der Waals surface area contributed by atoms with Gasteiger partial charge in [0.25, 0.3) is 5.91 Å². The first-order chi connectivity index (χ1) is 13.5. The highest BCUT2D eigenvalue weighted by Gasteiger charge is 2.47. The van der Waals surface area contributed by atoms with Gasteiger partial charge in [-0.25, -0.2) is 15.0 Å². The first kappa shape index (κ1) is 18.9. The quantitative estimate of drug-likeness (QED) is 0.863. The fourth-order valence-corrected chi connectivity index (χ4v) is 3.91. The summed E-state index contributed by atoms with van der Waals surface area (Å²) in [5.74, 6) is 2.02. The Bertz CT molecular complexity index is 823. The van der Waals surface area contributed by atoms with Gasteiger partial charge in [0.05, 0.1) is 6.54 Å². The molecule has 0 bridgehead atoms. The van der Waals surface area contributed by atoms with Gasteiger partial charge in [0.1, 0.15) is 11.4 Å². The van der Waals surface area contributed by atoms with Crippen molar-refractivity contribution in [3.63, 3.8) is 0 Å². The number of ether oxygens (including phenoxy) is 1. The van der Waals surface area contributed by atoms with E-state index in [9.17, 15) is 4.79 Å². The van der Waals surface area contributed by atoms with Crippen LogP contribution in [0.1, 0.15) is 38.1 Å². The van der Waals surface area contributed by atoms with Gasteiger partial charge < -0.3 is 19.5 Å². The molecular formula is C20H28N6O2. The van der Waals surface area contributed by atoms with Crippen molar-refractivity contribution in [2.75, 3.05) is 24.5 Å². The third kappa shape index (κ3) is 3.61. The first-order valence-corrected chi connectivity index (χ1v) is 9.97. The Morgan fingerprint density at radius 3 is 2.68 bits per heavy atom. The molecule has 0 aromatic carbocycles. The number of aromatic nitrogens is 4. The van der Waals surface area contributed by atoms with Gasteiger partial charge in [0.15, 0.2) is 6.10 Å². The van der Waals surface area contributed by atoms with Crippen molar-refractivity contribution >= 4 is 11.9 Å². The zero-order chi connectivity index (χ0) is 19.7. The molecule has 1 atom stereocenters. The SMILES string of the molecule is Cc1cnc(N2CCC3(CC2)OC(C(=O)NCC(C)C)Cn2ccnc23)nc1. The van der Waals surface area contributed by atoms with E-state index in [0.717, 1.165) is 43.3 Å². The number of imidazole rings is 1. The minimum absolute atomic E-state index is 0.0447. The lowest BCUT2D eigenvalue weighted by atomic mass is 9.88. The lowest BCUT2D eigenvalue weighted by Crippen LogP contribution is -2.54. The summed E-state index contributed by atoms with van der Waals surface area (Å²) in [5, 5.41) is 3.01. The summed E-state index contributed by atoms with van der Waals surface area (Å²) in [6.07, 6.45) is 8.41. The zero-order valence-electron chi connectivity index (χ0n) is 16.8. The molecule has 8 nitrogen and oxygen atoms in total. The number of fused-ring (bicyclic) bond motifs is 2. The molecule has 4 heterocycles. The van der Waals surface area contributed by atoms with Crippen LogP contribution in [0, 0.1) is 12.8 Å². The van der Waals surface area contributed by atoms with Gasteiger partial charge in [-0.1, -0.05) is 13.8 Å². The lowest BCUT2D eigenvalue weighted by Gasteiger charge is -2.45. The predicted molar refractivity (Wildman–Crippen MR) is 105 cm³/mol. The maximum Gasteiger partial charge on any atom is 0.251 e. The Morgan fingerprint density at radius 1 is 1.29 bits per heavy atom. The van der Waals surface area contributed by atoms with E-state index in [-0.39, 0.29) is 5.91 Å². The number of nitrogens with zero attached hydrogens (tertiary/aromatic N) is 5. The average molecular weight is 384 g/mol. The van der Waals surface area contributed by atoms with Gasteiger partial charge in [0, 0.05) is 57.3 Å². The normalized spacial score (nSPS) is 21.0. The minimum Gasteiger partial charge on any atom is -0.354 e. The number of rotatable bonds is 4. The Hall–Kier alpha value is -2.48. The van der Waals surface area contributed by atoms with E-state index in [0.29, 0.717) is 19.0 Å². The molecule has 1 N–H and O–H groups in total. The van der Waals surface area contributed by atoms with Crippen LogP contribution in [0.25, 0.3) is 0 Å². The third-order valence-electron chi connectivity index (χ3n) is 5.45. The van der Waals surface area contributed by atoms with Crippen molar-refractivity contribution in [1.29, 1.82) is 0 Å². The van der Waals surface area contributed by atoms with E-state index in [1.807, 2.05) is 25.5 Å². The van der Waals surface area contributed by atoms with Gasteiger partial charge in [-0.3, -0.25) is 4.79 Å².